The van der Waals surface area contributed by atoms with E-state index in [1.807, 2.05) is 35.2 Å². The number of aromatic nitrogens is 1. The lowest BCUT2D eigenvalue weighted by Gasteiger charge is -1.96. The van der Waals surface area contributed by atoms with E-state index in [4.69, 9.17) is 0 Å². The number of rotatable bonds is 1. The van der Waals surface area contributed by atoms with Crippen LogP contribution in [0.25, 0.3) is 0 Å². The van der Waals surface area contributed by atoms with E-state index in [0.29, 0.717) is 0 Å². The van der Waals surface area contributed by atoms with E-state index in [1.54, 1.807) is 29.3 Å². The molecule has 0 aliphatic carbocycles. The van der Waals surface area contributed by atoms with Crippen molar-refractivity contribution in [2.45, 2.75) is 5.03 Å². The summed E-state index contributed by atoms with van der Waals surface area (Å²) in [4.78, 5) is 4.26. The Bertz CT molecular complexity index is 492. The van der Waals surface area contributed by atoms with Gasteiger partial charge in [-0.15, -0.1) is 11.8 Å². The highest BCUT2D eigenvalue weighted by Crippen LogP contribution is 2.15. The Morgan fingerprint density at radius 3 is 3.00 bits per heavy atom. The minimum absolute atomic E-state index is 0.986. The van der Waals surface area contributed by atoms with Gasteiger partial charge in [0.2, 0.25) is 0 Å². The molecule has 74 valence electrons. The molecule has 0 fully saturated rings. The van der Waals surface area contributed by atoms with Gasteiger partial charge in [-0.2, -0.15) is 11.3 Å². The number of hydrogen-bond acceptors (Lipinski definition) is 3. The van der Waals surface area contributed by atoms with E-state index in [1.165, 1.54) is 0 Å². The molecule has 15 heavy (non-hydrogen) atoms. The van der Waals surface area contributed by atoms with Gasteiger partial charge in [0.15, 0.2) is 0 Å². The van der Waals surface area contributed by atoms with Crippen molar-refractivity contribution in [3.8, 4) is 11.8 Å². The van der Waals surface area contributed by atoms with Gasteiger partial charge in [0, 0.05) is 17.1 Å². The zero-order valence-electron chi connectivity index (χ0n) is 8.23. The normalized spacial score (nSPS) is 9.40. The minimum Gasteiger partial charge on any atom is -0.249 e. The lowest BCUT2D eigenvalue weighted by atomic mass is 10.2. The number of hydrogen-bond donors (Lipinski definition) is 0. The van der Waals surface area contributed by atoms with Crippen LogP contribution in [0.4, 0.5) is 0 Å². The summed E-state index contributed by atoms with van der Waals surface area (Å²) in [6.45, 7) is 0. The monoisotopic (exact) mass is 231 g/mol. The maximum absolute atomic E-state index is 4.26. The molecule has 0 amide bonds. The Morgan fingerprint density at radius 1 is 1.33 bits per heavy atom. The number of thiophene rings is 1. The van der Waals surface area contributed by atoms with Gasteiger partial charge in [-0.05, 0) is 29.8 Å². The largest absolute Gasteiger partial charge is 0.249 e. The van der Waals surface area contributed by atoms with Gasteiger partial charge in [0.1, 0.15) is 5.03 Å². The molecular weight excluding hydrogens is 222 g/mol. The van der Waals surface area contributed by atoms with Crippen molar-refractivity contribution >= 4 is 23.1 Å². The Morgan fingerprint density at radius 2 is 2.27 bits per heavy atom. The fourth-order valence-corrected chi connectivity index (χ4v) is 2.22. The van der Waals surface area contributed by atoms with Gasteiger partial charge >= 0.3 is 0 Å². The summed E-state index contributed by atoms with van der Waals surface area (Å²) in [5.41, 5.74) is 2.06. The van der Waals surface area contributed by atoms with Gasteiger partial charge in [-0.1, -0.05) is 11.8 Å². The molecule has 0 N–H and O–H groups in total. The highest BCUT2D eigenvalue weighted by Gasteiger charge is 1.97. The van der Waals surface area contributed by atoms with Crippen molar-refractivity contribution in [2.24, 2.45) is 0 Å². The van der Waals surface area contributed by atoms with Crippen LogP contribution in [0, 0.1) is 11.8 Å². The smallest absolute Gasteiger partial charge is 0.111 e. The molecule has 0 bridgehead atoms. The average Bonchev–Trinajstić information content (AvgIpc) is 2.79. The highest BCUT2D eigenvalue weighted by atomic mass is 32.2. The quantitative estimate of drug-likeness (QED) is 0.552. The molecule has 1 nitrogen and oxygen atoms in total. The summed E-state index contributed by atoms with van der Waals surface area (Å²) in [5.74, 6) is 6.26. The summed E-state index contributed by atoms with van der Waals surface area (Å²) in [7, 11) is 0. The molecule has 3 heteroatoms. The molecule has 0 unspecified atom stereocenters. The van der Waals surface area contributed by atoms with E-state index < -0.39 is 0 Å². The fraction of sp³-hybridized carbons (Fsp3) is 0.0833. The third-order valence-corrected chi connectivity index (χ3v) is 3.22. The Balaban J connectivity index is 2.31. The van der Waals surface area contributed by atoms with Crippen molar-refractivity contribution < 1.29 is 0 Å². The predicted molar refractivity (Wildman–Crippen MR) is 66.3 cm³/mol. The first-order valence-corrected chi connectivity index (χ1v) is 6.60. The fourth-order valence-electron chi connectivity index (χ4n) is 1.12. The zero-order valence-corrected chi connectivity index (χ0v) is 9.86. The van der Waals surface area contributed by atoms with Gasteiger partial charge in [-0.25, -0.2) is 4.98 Å². The maximum atomic E-state index is 4.26. The molecular formula is C12H9NS2. The lowest BCUT2D eigenvalue weighted by Crippen LogP contribution is -1.83. The molecule has 2 rings (SSSR count). The average molecular weight is 231 g/mol. The van der Waals surface area contributed by atoms with Crippen molar-refractivity contribution in [1.82, 2.24) is 4.98 Å². The third-order valence-electron chi connectivity index (χ3n) is 1.83. The van der Waals surface area contributed by atoms with E-state index in [-0.39, 0.29) is 0 Å². The topological polar surface area (TPSA) is 12.9 Å². The van der Waals surface area contributed by atoms with E-state index in [0.717, 1.165) is 16.2 Å². The molecule has 0 atom stereocenters. The van der Waals surface area contributed by atoms with Gasteiger partial charge in [-0.3, -0.25) is 0 Å². The first-order chi connectivity index (χ1) is 7.40. The molecule has 0 spiro atoms. The number of thioether (sulfide) groups is 1. The summed E-state index contributed by atoms with van der Waals surface area (Å²) in [6.07, 6.45) is 3.81. The van der Waals surface area contributed by atoms with Crippen LogP contribution in [0.3, 0.4) is 0 Å². The Hall–Kier alpha value is -1.24. The molecule has 0 aliphatic rings. The SMILES string of the molecule is CSc1ncccc1C#Cc1ccsc1. The van der Waals surface area contributed by atoms with E-state index in [2.05, 4.69) is 16.8 Å². The second kappa shape index (κ2) is 5.01. The maximum Gasteiger partial charge on any atom is 0.111 e. The third kappa shape index (κ3) is 2.62. The number of pyridine rings is 1. The molecule has 0 aliphatic heterocycles. The molecule has 2 aromatic heterocycles. The van der Waals surface area contributed by atoms with Crippen LogP contribution in [-0.2, 0) is 0 Å². The van der Waals surface area contributed by atoms with Crippen molar-refractivity contribution in [3.05, 3.63) is 46.3 Å². The molecule has 0 aromatic carbocycles. The second-order valence-corrected chi connectivity index (χ2v) is 4.40. The molecule has 2 aromatic rings. The Kier molecular flexibility index (Phi) is 3.44. The first-order valence-electron chi connectivity index (χ1n) is 4.43. The van der Waals surface area contributed by atoms with Crippen molar-refractivity contribution in [2.75, 3.05) is 6.26 Å². The zero-order chi connectivity index (χ0) is 10.5. The minimum atomic E-state index is 0.986. The molecule has 2 heterocycles. The summed E-state index contributed by atoms with van der Waals surface area (Å²) in [5, 5.41) is 5.06. The van der Waals surface area contributed by atoms with Gasteiger partial charge < -0.3 is 0 Å². The van der Waals surface area contributed by atoms with Crippen molar-refractivity contribution in [1.29, 1.82) is 0 Å². The van der Waals surface area contributed by atoms with Crippen LogP contribution in [0.2, 0.25) is 0 Å². The molecule has 0 saturated heterocycles. The van der Waals surface area contributed by atoms with E-state index >= 15 is 0 Å². The second-order valence-electron chi connectivity index (χ2n) is 2.82. The van der Waals surface area contributed by atoms with Crippen LogP contribution in [0.1, 0.15) is 11.1 Å². The van der Waals surface area contributed by atoms with E-state index in [9.17, 15) is 0 Å². The van der Waals surface area contributed by atoms with Crippen LogP contribution < -0.4 is 0 Å². The summed E-state index contributed by atoms with van der Waals surface area (Å²) < 4.78 is 0. The van der Waals surface area contributed by atoms with Gasteiger partial charge in [0.05, 0.1) is 5.56 Å². The van der Waals surface area contributed by atoms with Gasteiger partial charge in [0.25, 0.3) is 0 Å². The molecule has 0 saturated carbocycles. The van der Waals surface area contributed by atoms with Crippen LogP contribution in [0.5, 0.6) is 0 Å². The molecule has 0 radical (unpaired) electrons. The summed E-state index contributed by atoms with van der Waals surface area (Å²) in [6, 6.07) is 5.93. The predicted octanol–water partition coefficient (Wildman–Crippen LogP) is 3.26. The van der Waals surface area contributed by atoms with Crippen LogP contribution >= 0.6 is 23.1 Å². The highest BCUT2D eigenvalue weighted by molar-refractivity contribution is 7.98. The lowest BCUT2D eigenvalue weighted by molar-refractivity contribution is 1.12. The Labute approximate surface area is 97.6 Å². The van der Waals surface area contributed by atoms with Crippen molar-refractivity contribution in [3.63, 3.8) is 0 Å². The standard InChI is InChI=1S/C12H9NS2/c1-14-12-11(3-2-7-13-12)5-4-10-6-8-15-9-10/h2-3,6-9H,1H3. The van der Waals surface area contributed by atoms with Crippen LogP contribution in [-0.4, -0.2) is 11.2 Å². The number of nitrogens with zero attached hydrogens (tertiary/aromatic N) is 1. The van der Waals surface area contributed by atoms with Crippen LogP contribution in [0.15, 0.2) is 40.2 Å². The summed E-state index contributed by atoms with van der Waals surface area (Å²) >= 11 is 3.28. The first kappa shape index (κ1) is 10.3.